The van der Waals surface area contributed by atoms with Crippen LogP contribution in [0.5, 0.6) is 0 Å². The van der Waals surface area contributed by atoms with E-state index in [2.05, 4.69) is 9.97 Å². The Morgan fingerprint density at radius 1 is 1.03 bits per heavy atom. The predicted octanol–water partition coefficient (Wildman–Crippen LogP) is 4.24. The van der Waals surface area contributed by atoms with Gasteiger partial charge in [0.15, 0.2) is 5.89 Å². The first kappa shape index (κ1) is 20.1. The summed E-state index contributed by atoms with van der Waals surface area (Å²) < 4.78 is 34.2. The van der Waals surface area contributed by atoms with Gasteiger partial charge in [-0.1, -0.05) is 0 Å². The number of carbonyl (C=O) groups is 1. The lowest BCUT2D eigenvalue weighted by Crippen LogP contribution is -2.37. The minimum absolute atomic E-state index is 0.0566. The molecule has 0 saturated heterocycles. The van der Waals surface area contributed by atoms with E-state index < -0.39 is 0 Å². The second-order valence-electron chi connectivity index (χ2n) is 7.74. The topological polar surface area (TPSA) is 64.2 Å². The molecule has 4 aromatic rings. The zero-order valence-corrected chi connectivity index (χ0v) is 17.4. The Kier molecular flexibility index (Phi) is 5.05. The van der Waals surface area contributed by atoms with E-state index in [9.17, 15) is 13.6 Å². The van der Waals surface area contributed by atoms with Gasteiger partial charge in [-0.3, -0.25) is 4.79 Å². The van der Waals surface area contributed by atoms with Gasteiger partial charge in [-0.2, -0.15) is 0 Å². The molecule has 162 valence electrons. The number of imidazole rings is 1. The molecular formula is C24H20F2N4O2. The quantitative estimate of drug-likeness (QED) is 0.482. The van der Waals surface area contributed by atoms with Crippen molar-refractivity contribution in [3.8, 4) is 16.9 Å². The van der Waals surface area contributed by atoms with Crippen LogP contribution in [0.1, 0.15) is 23.2 Å². The van der Waals surface area contributed by atoms with E-state index in [0.717, 1.165) is 17.0 Å². The highest BCUT2D eigenvalue weighted by Gasteiger charge is 2.26. The third-order valence-corrected chi connectivity index (χ3v) is 5.52. The van der Waals surface area contributed by atoms with Gasteiger partial charge in [0.25, 0.3) is 0 Å². The largest absolute Gasteiger partial charge is 0.444 e. The first-order valence-corrected chi connectivity index (χ1v) is 10.3. The molecule has 32 heavy (non-hydrogen) atoms. The molecule has 0 atom stereocenters. The monoisotopic (exact) mass is 434 g/mol. The Morgan fingerprint density at radius 3 is 2.44 bits per heavy atom. The zero-order valence-electron chi connectivity index (χ0n) is 17.4. The van der Waals surface area contributed by atoms with Crippen molar-refractivity contribution < 1.29 is 18.0 Å². The molecule has 8 heteroatoms. The van der Waals surface area contributed by atoms with Crippen LogP contribution in [0.4, 0.5) is 8.78 Å². The summed E-state index contributed by atoms with van der Waals surface area (Å²) in [6.45, 7) is 2.72. The summed E-state index contributed by atoms with van der Waals surface area (Å²) in [5.74, 6) is 1.05. The summed E-state index contributed by atoms with van der Waals surface area (Å²) in [5.41, 5.74) is 2.91. The summed E-state index contributed by atoms with van der Waals surface area (Å²) in [6.07, 6.45) is 2.48. The van der Waals surface area contributed by atoms with Crippen molar-refractivity contribution in [1.29, 1.82) is 0 Å². The molecule has 1 aliphatic rings. The zero-order chi connectivity index (χ0) is 22.2. The van der Waals surface area contributed by atoms with Crippen LogP contribution in [0.15, 0.2) is 59.1 Å². The molecule has 3 heterocycles. The van der Waals surface area contributed by atoms with E-state index in [1.54, 1.807) is 46.9 Å². The third kappa shape index (κ3) is 3.91. The SMILES string of the molecule is Cc1nc2c(o1)CN(C(=O)Cc1nc(-c3ccc(F)cc3)cn1-c1ccc(F)cc1)CC2. The highest BCUT2D eigenvalue weighted by molar-refractivity contribution is 5.78. The molecule has 0 unspecified atom stereocenters. The molecule has 6 nitrogen and oxygen atoms in total. The molecule has 0 bridgehead atoms. The second kappa shape index (κ2) is 8.03. The van der Waals surface area contributed by atoms with Crippen molar-refractivity contribution in [3.05, 3.63) is 89.5 Å². The highest BCUT2D eigenvalue weighted by atomic mass is 19.1. The molecule has 1 aliphatic heterocycles. The van der Waals surface area contributed by atoms with Gasteiger partial charge in [-0.05, 0) is 48.5 Å². The summed E-state index contributed by atoms with van der Waals surface area (Å²) in [4.78, 5) is 23.9. The van der Waals surface area contributed by atoms with Crippen LogP contribution in [0.2, 0.25) is 0 Å². The van der Waals surface area contributed by atoms with Gasteiger partial charge in [0.05, 0.1) is 24.4 Å². The van der Waals surface area contributed by atoms with Gasteiger partial charge < -0.3 is 13.9 Å². The Morgan fingerprint density at radius 2 is 1.72 bits per heavy atom. The number of oxazole rings is 1. The van der Waals surface area contributed by atoms with Crippen LogP contribution in [0.3, 0.4) is 0 Å². The normalized spacial score (nSPS) is 13.3. The summed E-state index contributed by atoms with van der Waals surface area (Å²) in [6, 6.07) is 12.0. The fourth-order valence-corrected chi connectivity index (χ4v) is 3.91. The van der Waals surface area contributed by atoms with Gasteiger partial charge in [0.2, 0.25) is 5.91 Å². The lowest BCUT2D eigenvalue weighted by Gasteiger charge is -2.25. The number of aryl methyl sites for hydroxylation is 1. The number of aromatic nitrogens is 3. The Hall–Kier alpha value is -3.81. The lowest BCUT2D eigenvalue weighted by atomic mass is 10.1. The first-order valence-electron chi connectivity index (χ1n) is 10.3. The van der Waals surface area contributed by atoms with Crippen LogP contribution in [0.25, 0.3) is 16.9 Å². The van der Waals surface area contributed by atoms with Gasteiger partial charge in [0.1, 0.15) is 23.2 Å². The number of halogens is 2. The predicted molar refractivity (Wildman–Crippen MR) is 113 cm³/mol. The average Bonchev–Trinajstić information content (AvgIpc) is 3.36. The molecular weight excluding hydrogens is 414 g/mol. The molecule has 0 fully saturated rings. The van der Waals surface area contributed by atoms with Crippen molar-refractivity contribution in [2.45, 2.75) is 26.3 Å². The van der Waals surface area contributed by atoms with Crippen LogP contribution >= 0.6 is 0 Å². The number of nitrogens with zero attached hydrogens (tertiary/aromatic N) is 4. The first-order chi connectivity index (χ1) is 15.5. The molecule has 0 N–H and O–H groups in total. The lowest BCUT2D eigenvalue weighted by molar-refractivity contribution is -0.131. The minimum Gasteiger partial charge on any atom is -0.444 e. The molecule has 2 aromatic carbocycles. The van der Waals surface area contributed by atoms with Gasteiger partial charge in [-0.15, -0.1) is 0 Å². The molecule has 0 radical (unpaired) electrons. The minimum atomic E-state index is -0.350. The van der Waals surface area contributed by atoms with Crippen LogP contribution in [-0.2, 0) is 24.2 Å². The third-order valence-electron chi connectivity index (χ3n) is 5.52. The molecule has 0 spiro atoms. The van der Waals surface area contributed by atoms with Crippen LogP contribution in [0, 0.1) is 18.6 Å². The molecule has 0 saturated carbocycles. The number of fused-ring (bicyclic) bond motifs is 1. The van der Waals surface area contributed by atoms with Crippen molar-refractivity contribution in [3.63, 3.8) is 0 Å². The van der Waals surface area contributed by atoms with Crippen molar-refractivity contribution in [1.82, 2.24) is 19.4 Å². The maximum atomic E-state index is 13.5. The van der Waals surface area contributed by atoms with Crippen molar-refractivity contribution in [2.75, 3.05) is 6.54 Å². The van der Waals surface area contributed by atoms with Crippen molar-refractivity contribution in [2.24, 2.45) is 0 Å². The number of carbonyl (C=O) groups excluding carboxylic acids is 1. The van der Waals surface area contributed by atoms with Gasteiger partial charge >= 0.3 is 0 Å². The molecule has 2 aromatic heterocycles. The van der Waals surface area contributed by atoms with E-state index >= 15 is 0 Å². The van der Waals surface area contributed by atoms with Crippen LogP contribution in [-0.4, -0.2) is 31.9 Å². The number of benzene rings is 2. The van der Waals surface area contributed by atoms with Crippen molar-refractivity contribution >= 4 is 5.91 Å². The average molecular weight is 434 g/mol. The smallest absolute Gasteiger partial charge is 0.230 e. The fourth-order valence-electron chi connectivity index (χ4n) is 3.91. The maximum absolute atomic E-state index is 13.5. The number of hydrogen-bond donors (Lipinski definition) is 0. The Bertz CT molecular complexity index is 1280. The van der Waals surface area contributed by atoms with E-state index in [1.807, 2.05) is 0 Å². The maximum Gasteiger partial charge on any atom is 0.230 e. The van der Waals surface area contributed by atoms with E-state index in [1.165, 1.54) is 24.3 Å². The van der Waals surface area contributed by atoms with E-state index in [-0.39, 0.29) is 24.0 Å². The second-order valence-corrected chi connectivity index (χ2v) is 7.74. The van der Waals surface area contributed by atoms with E-state index in [4.69, 9.17) is 4.42 Å². The standard InChI is InChI=1S/C24H20F2N4O2/c1-15-27-20-10-11-29(14-22(20)32-15)24(31)12-23-28-21(16-2-4-17(25)5-3-16)13-30(23)19-8-6-18(26)7-9-19/h2-9,13H,10-12,14H2,1H3. The van der Waals surface area contributed by atoms with Gasteiger partial charge in [-0.25, -0.2) is 18.7 Å². The highest BCUT2D eigenvalue weighted by Crippen LogP contribution is 2.24. The molecule has 1 amide bonds. The summed E-state index contributed by atoms with van der Waals surface area (Å²) >= 11 is 0. The Balaban J connectivity index is 1.45. The summed E-state index contributed by atoms with van der Waals surface area (Å²) in [7, 11) is 0. The van der Waals surface area contributed by atoms with Gasteiger partial charge in [0, 0.05) is 37.3 Å². The Labute approximate surface area is 183 Å². The number of hydrogen-bond acceptors (Lipinski definition) is 4. The fraction of sp³-hybridized carbons (Fsp3) is 0.208. The molecule has 0 aliphatic carbocycles. The molecule has 5 rings (SSSR count). The number of rotatable bonds is 4. The van der Waals surface area contributed by atoms with E-state index in [0.29, 0.717) is 42.6 Å². The van der Waals surface area contributed by atoms with Crippen LogP contribution < -0.4 is 0 Å². The number of amides is 1. The summed E-state index contributed by atoms with van der Waals surface area (Å²) in [5, 5.41) is 0.